The number of hydrogen-bond acceptors (Lipinski definition) is 7. The van der Waals surface area contributed by atoms with E-state index in [-0.39, 0.29) is 41.5 Å². The van der Waals surface area contributed by atoms with Gasteiger partial charge in [-0.25, -0.2) is 0 Å². The summed E-state index contributed by atoms with van der Waals surface area (Å²) in [5.41, 5.74) is 0.323. The molecule has 2 fully saturated rings. The molecule has 1 aliphatic carbocycles. The Balaban J connectivity index is 1.60. The van der Waals surface area contributed by atoms with Crippen molar-refractivity contribution < 1.29 is 29.1 Å². The number of nitrogens with zero attached hydrogens (tertiary/aromatic N) is 1. The van der Waals surface area contributed by atoms with E-state index < -0.39 is 58.2 Å². The molecule has 12 heteroatoms. The lowest BCUT2D eigenvalue weighted by atomic mass is 9.85. The van der Waals surface area contributed by atoms with Crippen LogP contribution in [0, 0.1) is 16.7 Å². The van der Waals surface area contributed by atoms with Crippen LogP contribution >= 0.6 is 11.8 Å². The molecular weight excluding hydrogens is 679 g/mol. The zero-order valence-electron chi connectivity index (χ0n) is 32.0. The fraction of sp³-hybridized carbons (Fsp3) is 0.575. The van der Waals surface area contributed by atoms with Crippen LogP contribution in [0.15, 0.2) is 60.7 Å². The van der Waals surface area contributed by atoms with Gasteiger partial charge in [-0.05, 0) is 62.0 Å². The summed E-state index contributed by atoms with van der Waals surface area (Å²) in [6.45, 7) is 17.2. The van der Waals surface area contributed by atoms with Crippen molar-refractivity contribution >= 4 is 41.3 Å². The van der Waals surface area contributed by atoms with Crippen molar-refractivity contribution in [2.24, 2.45) is 16.7 Å². The summed E-state index contributed by atoms with van der Waals surface area (Å²) in [5, 5.41) is 23.5. The summed E-state index contributed by atoms with van der Waals surface area (Å²) >= 11 is 1.45. The summed E-state index contributed by atoms with van der Waals surface area (Å²) in [6.07, 6.45) is -0.0707. The van der Waals surface area contributed by atoms with E-state index in [1.807, 2.05) is 77.9 Å². The Morgan fingerprint density at radius 2 is 1.38 bits per heavy atom. The first kappa shape index (κ1) is 40.9. The first-order valence-corrected chi connectivity index (χ1v) is 19.1. The van der Waals surface area contributed by atoms with E-state index in [0.29, 0.717) is 5.56 Å². The van der Waals surface area contributed by atoms with Crippen molar-refractivity contribution in [2.75, 3.05) is 5.88 Å². The number of aliphatic hydroxyl groups is 1. The van der Waals surface area contributed by atoms with Gasteiger partial charge in [-0.1, -0.05) is 102 Å². The van der Waals surface area contributed by atoms with Gasteiger partial charge in [0.25, 0.3) is 5.91 Å². The average Bonchev–Trinajstić information content (AvgIpc) is 3.87. The fourth-order valence-corrected chi connectivity index (χ4v) is 7.23. The highest BCUT2D eigenvalue weighted by Gasteiger charge is 2.50. The average molecular weight is 736 g/mol. The van der Waals surface area contributed by atoms with E-state index in [1.165, 1.54) is 16.7 Å². The minimum atomic E-state index is -1.71. The molecule has 1 heterocycles. The van der Waals surface area contributed by atoms with Crippen molar-refractivity contribution in [1.82, 2.24) is 26.2 Å². The maximum absolute atomic E-state index is 14.2. The number of carbonyl (C=O) groups excluding carboxylic acids is 5. The molecule has 52 heavy (non-hydrogen) atoms. The lowest BCUT2D eigenvalue weighted by Crippen LogP contribution is -2.62. The number of carbonyl (C=O) groups is 5. The van der Waals surface area contributed by atoms with E-state index in [2.05, 4.69) is 21.3 Å². The van der Waals surface area contributed by atoms with Crippen LogP contribution in [0.4, 0.5) is 0 Å². The second-order valence-corrected chi connectivity index (χ2v) is 18.5. The zero-order valence-corrected chi connectivity index (χ0v) is 32.8. The minimum absolute atomic E-state index is 0.108. The number of rotatable bonds is 13. The molecule has 5 N–H and O–H groups in total. The van der Waals surface area contributed by atoms with Crippen LogP contribution in [-0.4, -0.2) is 80.4 Å². The number of benzene rings is 2. The van der Waals surface area contributed by atoms with Crippen molar-refractivity contribution in [3.05, 3.63) is 71.8 Å². The van der Waals surface area contributed by atoms with Gasteiger partial charge < -0.3 is 31.3 Å². The van der Waals surface area contributed by atoms with Gasteiger partial charge in [-0.3, -0.25) is 24.0 Å². The van der Waals surface area contributed by atoms with Gasteiger partial charge >= 0.3 is 0 Å². The quantitative estimate of drug-likeness (QED) is 0.207. The van der Waals surface area contributed by atoms with E-state index in [1.54, 1.807) is 45.0 Å². The normalized spacial score (nSPS) is 20.1. The van der Waals surface area contributed by atoms with Crippen LogP contribution in [0.25, 0.3) is 0 Å². The lowest BCUT2D eigenvalue weighted by molar-refractivity contribution is -0.148. The van der Waals surface area contributed by atoms with Crippen LogP contribution in [0.3, 0.4) is 0 Å². The molecule has 1 aliphatic heterocycles. The molecule has 2 aromatic carbocycles. The van der Waals surface area contributed by atoms with Gasteiger partial charge in [0.05, 0.1) is 11.9 Å². The second kappa shape index (κ2) is 16.4. The number of aliphatic hydroxyl groups excluding tert-OH is 1. The third kappa shape index (κ3) is 10.4. The Hall–Kier alpha value is -3.90. The zero-order chi connectivity index (χ0) is 38.6. The lowest BCUT2D eigenvalue weighted by Gasteiger charge is -2.37. The highest BCUT2D eigenvalue weighted by atomic mass is 32.2. The minimum Gasteiger partial charge on any atom is -0.381 e. The maximum Gasteiger partial charge on any atom is 0.254 e. The molecule has 1 unspecified atom stereocenters. The Morgan fingerprint density at radius 1 is 0.808 bits per heavy atom. The second-order valence-electron chi connectivity index (χ2n) is 16.9. The molecule has 1 saturated heterocycles. The summed E-state index contributed by atoms with van der Waals surface area (Å²) in [5.74, 6) is -2.30. The predicted molar refractivity (Wildman–Crippen MR) is 204 cm³/mol. The molecule has 0 aromatic heterocycles. The third-order valence-corrected chi connectivity index (χ3v) is 11.4. The summed E-state index contributed by atoms with van der Waals surface area (Å²) < 4.78 is -0.638. The predicted octanol–water partition coefficient (Wildman–Crippen LogP) is 4.10. The van der Waals surface area contributed by atoms with Crippen LogP contribution in [0.5, 0.6) is 0 Å². The van der Waals surface area contributed by atoms with Gasteiger partial charge in [-0.2, -0.15) is 0 Å². The number of thioether (sulfide) groups is 1. The first-order chi connectivity index (χ1) is 24.2. The Kier molecular flexibility index (Phi) is 12.9. The summed E-state index contributed by atoms with van der Waals surface area (Å²) in [6, 6.07) is 13.8. The van der Waals surface area contributed by atoms with Gasteiger partial charge in [-0.15, -0.1) is 11.8 Å². The largest absolute Gasteiger partial charge is 0.381 e. The van der Waals surface area contributed by atoms with Crippen LogP contribution in [0.2, 0.25) is 0 Å². The molecule has 5 amide bonds. The standard InChI is InChI=1S/C40H57N5O6S/c1-24(38(2,3)4)41-36(50)32-40(8,9)52-23-45(32)37(51)30(46)28(22-25-16-12-10-13-17-25)42-35(49)31(39(5,6)7)44-34(48)29(26-18-14-11-15-19-26)43-33(47)27-20-21-27/h10-19,24,27-32,46H,20-23H2,1-9H3,(H,41,50)(H,42,49)(H,43,47)(H,44,48)/t24?,28-,29-,30-,31+,32+/m0/s1. The highest BCUT2D eigenvalue weighted by molar-refractivity contribution is 8.00. The molecule has 2 aromatic rings. The molecule has 0 spiro atoms. The van der Waals surface area contributed by atoms with Gasteiger partial charge in [0.2, 0.25) is 23.6 Å². The van der Waals surface area contributed by atoms with Gasteiger partial charge in [0.1, 0.15) is 18.1 Å². The van der Waals surface area contributed by atoms with Crippen molar-refractivity contribution in [1.29, 1.82) is 0 Å². The molecule has 0 bridgehead atoms. The number of amides is 5. The molecular formula is C40H57N5O6S. The molecule has 1 saturated carbocycles. The van der Waals surface area contributed by atoms with Crippen LogP contribution in [-0.2, 0) is 30.4 Å². The van der Waals surface area contributed by atoms with E-state index in [0.717, 1.165) is 18.4 Å². The van der Waals surface area contributed by atoms with Gasteiger partial charge in [0, 0.05) is 16.7 Å². The molecule has 284 valence electrons. The molecule has 2 aliphatic rings. The fourth-order valence-electron chi connectivity index (χ4n) is 6.09. The van der Waals surface area contributed by atoms with Crippen LogP contribution < -0.4 is 21.3 Å². The van der Waals surface area contributed by atoms with Gasteiger partial charge in [0.15, 0.2) is 6.10 Å². The highest BCUT2D eigenvalue weighted by Crippen LogP contribution is 2.40. The molecule has 11 nitrogen and oxygen atoms in total. The summed E-state index contributed by atoms with van der Waals surface area (Å²) in [4.78, 5) is 70.3. The van der Waals surface area contributed by atoms with Crippen molar-refractivity contribution in [2.45, 2.75) is 123 Å². The summed E-state index contributed by atoms with van der Waals surface area (Å²) in [7, 11) is 0. The van der Waals surface area contributed by atoms with E-state index >= 15 is 0 Å². The Bertz CT molecular complexity index is 1580. The monoisotopic (exact) mass is 735 g/mol. The molecule has 0 radical (unpaired) electrons. The molecule has 6 atom stereocenters. The first-order valence-electron chi connectivity index (χ1n) is 18.1. The van der Waals surface area contributed by atoms with Crippen molar-refractivity contribution in [3.63, 3.8) is 0 Å². The number of hydrogen-bond donors (Lipinski definition) is 5. The van der Waals surface area contributed by atoms with E-state index in [9.17, 15) is 29.1 Å². The smallest absolute Gasteiger partial charge is 0.254 e. The topological polar surface area (TPSA) is 157 Å². The third-order valence-electron chi connectivity index (χ3n) is 10.0. The Morgan fingerprint density at radius 3 is 1.92 bits per heavy atom. The Labute approximate surface area is 312 Å². The SMILES string of the molecule is CC(NC(=O)[C@H]1N(C(=O)[C@@H](O)[C@H](Cc2ccccc2)NC(=O)[C@@H](NC(=O)[C@@H](NC(=O)C2CC2)c2ccccc2)C(C)(C)C)CSC1(C)C)C(C)(C)C. The molecule has 4 rings (SSSR count). The van der Waals surface area contributed by atoms with Crippen molar-refractivity contribution in [3.8, 4) is 0 Å². The maximum atomic E-state index is 14.2. The van der Waals surface area contributed by atoms with Crippen LogP contribution in [0.1, 0.15) is 92.3 Å². The number of nitrogens with one attached hydrogen (secondary N) is 4. The van der Waals surface area contributed by atoms with E-state index in [4.69, 9.17) is 0 Å².